The summed E-state index contributed by atoms with van der Waals surface area (Å²) >= 11 is 0. The molecule has 1 aromatic heterocycles. The zero-order valence-corrected chi connectivity index (χ0v) is 16.1. The first-order valence-corrected chi connectivity index (χ1v) is 10.3. The molecule has 0 radical (unpaired) electrons. The molecule has 0 saturated carbocycles. The Kier molecular flexibility index (Phi) is 5.24. The van der Waals surface area contributed by atoms with Gasteiger partial charge in [0.05, 0.1) is 17.7 Å². The maximum atomic E-state index is 12.5. The van der Waals surface area contributed by atoms with Crippen LogP contribution < -0.4 is 19.5 Å². The van der Waals surface area contributed by atoms with Gasteiger partial charge in [-0.1, -0.05) is 12.1 Å². The van der Waals surface area contributed by atoms with Crippen molar-refractivity contribution in [2.24, 2.45) is 0 Å². The van der Waals surface area contributed by atoms with E-state index in [9.17, 15) is 13.2 Å². The summed E-state index contributed by atoms with van der Waals surface area (Å²) in [6, 6.07) is 14.6. The molecule has 0 spiro atoms. The minimum atomic E-state index is -3.79. The van der Waals surface area contributed by atoms with E-state index in [4.69, 9.17) is 13.9 Å². The average molecular weight is 414 g/mol. The minimum Gasteiger partial charge on any atom is -0.468 e. The molecule has 0 fully saturated rings. The highest BCUT2D eigenvalue weighted by atomic mass is 32.2. The first-order valence-electron chi connectivity index (χ1n) is 8.80. The van der Waals surface area contributed by atoms with Crippen LogP contribution in [-0.4, -0.2) is 21.1 Å². The van der Waals surface area contributed by atoms with E-state index >= 15 is 0 Å². The molecule has 1 aliphatic heterocycles. The summed E-state index contributed by atoms with van der Waals surface area (Å²) in [5.41, 5.74) is 1.08. The Labute approximate surface area is 167 Å². The minimum absolute atomic E-state index is 0.000198. The predicted octanol–water partition coefficient (Wildman–Crippen LogP) is 2.42. The molecule has 0 aliphatic carbocycles. The van der Waals surface area contributed by atoms with Gasteiger partial charge in [0, 0.05) is 12.1 Å². The molecule has 2 aromatic carbocycles. The van der Waals surface area contributed by atoms with Gasteiger partial charge in [0.25, 0.3) is 5.91 Å². The highest BCUT2D eigenvalue weighted by molar-refractivity contribution is 7.89. The molecule has 0 atom stereocenters. The molecule has 150 valence electrons. The van der Waals surface area contributed by atoms with Crippen LogP contribution in [0.15, 0.2) is 70.2 Å². The Morgan fingerprint density at radius 1 is 0.966 bits per heavy atom. The number of benzene rings is 2. The van der Waals surface area contributed by atoms with Gasteiger partial charge in [-0.05, 0) is 48.0 Å². The number of carbonyl (C=O) groups excluding carboxylic acids is 1. The van der Waals surface area contributed by atoms with E-state index < -0.39 is 10.0 Å². The first-order chi connectivity index (χ1) is 14.0. The lowest BCUT2D eigenvalue weighted by Gasteiger charge is -2.09. The van der Waals surface area contributed by atoms with Crippen molar-refractivity contribution < 1.29 is 27.1 Å². The number of rotatable bonds is 7. The normalized spacial score (nSPS) is 12.7. The highest BCUT2D eigenvalue weighted by Gasteiger charge is 2.17. The molecule has 3 aromatic rings. The lowest BCUT2D eigenvalue weighted by molar-refractivity contribution is 0.0950. The molecule has 0 unspecified atom stereocenters. The second kappa shape index (κ2) is 7.98. The number of sulfonamides is 1. The number of furan rings is 1. The molecule has 2 N–H and O–H groups in total. The second-order valence-corrected chi connectivity index (χ2v) is 8.07. The SMILES string of the molecule is O=C(NCc1ccc2c(c1)OCO2)c1cccc(S(=O)(=O)NCc2ccco2)c1. The Balaban J connectivity index is 1.41. The monoisotopic (exact) mass is 414 g/mol. The summed E-state index contributed by atoms with van der Waals surface area (Å²) in [6.07, 6.45) is 1.47. The largest absolute Gasteiger partial charge is 0.468 e. The number of carbonyl (C=O) groups is 1. The zero-order chi connectivity index (χ0) is 20.3. The van der Waals surface area contributed by atoms with E-state index in [2.05, 4.69) is 10.0 Å². The van der Waals surface area contributed by atoms with Crippen molar-refractivity contribution in [3.05, 3.63) is 77.7 Å². The summed E-state index contributed by atoms with van der Waals surface area (Å²) in [7, 11) is -3.79. The number of fused-ring (bicyclic) bond motifs is 1. The molecular weight excluding hydrogens is 396 g/mol. The van der Waals surface area contributed by atoms with Crippen LogP contribution in [0.5, 0.6) is 11.5 Å². The van der Waals surface area contributed by atoms with Gasteiger partial charge in [0.2, 0.25) is 16.8 Å². The van der Waals surface area contributed by atoms with Crippen LogP contribution in [0.25, 0.3) is 0 Å². The molecule has 2 heterocycles. The van der Waals surface area contributed by atoms with E-state index in [0.29, 0.717) is 17.3 Å². The van der Waals surface area contributed by atoms with Crippen molar-refractivity contribution in [2.45, 2.75) is 18.0 Å². The van der Waals surface area contributed by atoms with Crippen LogP contribution in [-0.2, 0) is 23.1 Å². The number of hydrogen-bond donors (Lipinski definition) is 2. The lowest BCUT2D eigenvalue weighted by atomic mass is 10.2. The van der Waals surface area contributed by atoms with Crippen molar-refractivity contribution >= 4 is 15.9 Å². The van der Waals surface area contributed by atoms with Gasteiger partial charge >= 0.3 is 0 Å². The quantitative estimate of drug-likeness (QED) is 0.615. The molecule has 29 heavy (non-hydrogen) atoms. The summed E-state index contributed by atoms with van der Waals surface area (Å²) in [5, 5.41) is 2.77. The average Bonchev–Trinajstić information content (AvgIpc) is 3.42. The Bertz CT molecular complexity index is 1130. The summed E-state index contributed by atoms with van der Waals surface area (Å²) in [6.45, 7) is 0.472. The fourth-order valence-corrected chi connectivity index (χ4v) is 3.84. The van der Waals surface area contributed by atoms with Gasteiger partial charge in [-0.3, -0.25) is 4.79 Å². The topological polar surface area (TPSA) is 107 Å². The molecular formula is C20H18N2O6S. The fourth-order valence-electron chi connectivity index (χ4n) is 2.80. The van der Waals surface area contributed by atoms with Crippen LogP contribution in [0.4, 0.5) is 0 Å². The van der Waals surface area contributed by atoms with Gasteiger partial charge < -0.3 is 19.2 Å². The molecule has 1 aliphatic rings. The van der Waals surface area contributed by atoms with Crippen LogP contribution >= 0.6 is 0 Å². The highest BCUT2D eigenvalue weighted by Crippen LogP contribution is 2.32. The fraction of sp³-hybridized carbons (Fsp3) is 0.150. The third-order valence-electron chi connectivity index (χ3n) is 4.31. The van der Waals surface area contributed by atoms with E-state index in [0.717, 1.165) is 5.56 Å². The van der Waals surface area contributed by atoms with Gasteiger partial charge in [-0.15, -0.1) is 0 Å². The van der Waals surface area contributed by atoms with Crippen molar-refractivity contribution in [1.29, 1.82) is 0 Å². The number of ether oxygens (including phenoxy) is 2. The third-order valence-corrected chi connectivity index (χ3v) is 5.71. The van der Waals surface area contributed by atoms with E-state index in [1.54, 1.807) is 30.3 Å². The Morgan fingerprint density at radius 3 is 2.66 bits per heavy atom. The summed E-state index contributed by atoms with van der Waals surface area (Å²) < 4.78 is 43.1. The van der Waals surface area contributed by atoms with Crippen LogP contribution in [0, 0.1) is 0 Å². The first kappa shape index (κ1) is 19.0. The van der Waals surface area contributed by atoms with Crippen molar-refractivity contribution in [2.75, 3.05) is 6.79 Å². The molecule has 8 nitrogen and oxygen atoms in total. The zero-order valence-electron chi connectivity index (χ0n) is 15.3. The van der Waals surface area contributed by atoms with Gasteiger partial charge in [-0.25, -0.2) is 13.1 Å². The maximum absolute atomic E-state index is 12.5. The summed E-state index contributed by atoms with van der Waals surface area (Å²) in [5.74, 6) is 1.41. The van der Waals surface area contributed by atoms with E-state index in [1.807, 2.05) is 6.07 Å². The molecule has 4 rings (SSSR count). The second-order valence-electron chi connectivity index (χ2n) is 6.30. The number of nitrogens with one attached hydrogen (secondary N) is 2. The van der Waals surface area contributed by atoms with Crippen LogP contribution in [0.1, 0.15) is 21.7 Å². The lowest BCUT2D eigenvalue weighted by Crippen LogP contribution is -2.25. The number of amides is 1. The van der Waals surface area contributed by atoms with Gasteiger partial charge in [-0.2, -0.15) is 0 Å². The van der Waals surface area contributed by atoms with Crippen LogP contribution in [0.2, 0.25) is 0 Å². The summed E-state index contributed by atoms with van der Waals surface area (Å²) in [4.78, 5) is 12.5. The smallest absolute Gasteiger partial charge is 0.251 e. The number of hydrogen-bond acceptors (Lipinski definition) is 6. The standard InChI is InChI=1S/C20H18N2O6S/c23-20(21-11-14-6-7-18-19(9-14)28-13-27-18)15-3-1-5-17(10-15)29(24,25)22-12-16-4-2-8-26-16/h1-10,22H,11-13H2,(H,21,23). The maximum Gasteiger partial charge on any atom is 0.251 e. The molecule has 9 heteroatoms. The Hall–Kier alpha value is -3.30. The van der Waals surface area contributed by atoms with Gasteiger partial charge in [0.1, 0.15) is 5.76 Å². The van der Waals surface area contributed by atoms with E-state index in [-0.39, 0.29) is 36.2 Å². The third kappa shape index (κ3) is 4.41. The van der Waals surface area contributed by atoms with Crippen molar-refractivity contribution in [3.8, 4) is 11.5 Å². The molecule has 1 amide bonds. The van der Waals surface area contributed by atoms with Crippen molar-refractivity contribution in [3.63, 3.8) is 0 Å². The molecule has 0 saturated heterocycles. The van der Waals surface area contributed by atoms with E-state index in [1.165, 1.54) is 24.5 Å². The Morgan fingerprint density at radius 2 is 1.83 bits per heavy atom. The predicted molar refractivity (Wildman–Crippen MR) is 103 cm³/mol. The van der Waals surface area contributed by atoms with Crippen LogP contribution in [0.3, 0.4) is 0 Å². The van der Waals surface area contributed by atoms with Crippen molar-refractivity contribution in [1.82, 2.24) is 10.0 Å². The van der Waals surface area contributed by atoms with Gasteiger partial charge in [0.15, 0.2) is 11.5 Å². The molecule has 0 bridgehead atoms.